The number of nitro groups is 1. The molecule has 2 aliphatic carbocycles. The lowest BCUT2D eigenvalue weighted by Crippen LogP contribution is -2.43. The molecule has 130 valence electrons. The largest absolute Gasteiger partial charge is 0.417 e. The maximum Gasteiger partial charge on any atom is 0.347 e. The minimum absolute atomic E-state index is 0.207. The fraction of sp³-hybridized carbons (Fsp3) is 0.118. The summed E-state index contributed by atoms with van der Waals surface area (Å²) in [5.41, 5.74) is 1.06. The molecule has 3 aliphatic rings. The summed E-state index contributed by atoms with van der Waals surface area (Å²) in [5, 5.41) is 33.0. The van der Waals surface area contributed by atoms with Crippen molar-refractivity contribution in [1.29, 1.82) is 0 Å². The van der Waals surface area contributed by atoms with Crippen LogP contribution in [0, 0.1) is 15.3 Å². The van der Waals surface area contributed by atoms with E-state index in [2.05, 4.69) is 4.98 Å². The molecule has 0 radical (unpaired) electrons. The summed E-state index contributed by atoms with van der Waals surface area (Å²) in [6.07, 6.45) is 12.0. The van der Waals surface area contributed by atoms with Crippen LogP contribution in [0.3, 0.4) is 0 Å². The van der Waals surface area contributed by atoms with Gasteiger partial charge in [-0.2, -0.15) is 0 Å². The maximum absolute atomic E-state index is 11.9. The van der Waals surface area contributed by atoms with Crippen LogP contribution in [0.5, 0.6) is 0 Å². The van der Waals surface area contributed by atoms with E-state index in [4.69, 9.17) is 0 Å². The van der Waals surface area contributed by atoms with E-state index in [-0.39, 0.29) is 16.3 Å². The third-order valence-electron chi connectivity index (χ3n) is 4.50. The van der Waals surface area contributed by atoms with Crippen LogP contribution in [-0.2, 0) is 4.87 Å². The number of aromatic nitrogens is 1. The molecule has 0 amide bonds. The molecule has 1 atom stereocenters. The van der Waals surface area contributed by atoms with Crippen LogP contribution in [-0.4, -0.2) is 43.1 Å². The standard InChI is InChI=1S/C17H13N4O4S/c1-19-12-7-3-2-4-8-14(12)26-17(19)15(21(24)25)10-13(20(22)23)11-6-5-9-18-16(11)17/h2-10H,1H3,(H,22,23)/q+1/t17-/m0/s1. The van der Waals surface area contributed by atoms with Gasteiger partial charge in [-0.1, -0.05) is 18.2 Å². The molecule has 1 spiro atoms. The second-order valence-corrected chi connectivity index (χ2v) is 7.04. The first-order valence-electron chi connectivity index (χ1n) is 7.67. The zero-order valence-electron chi connectivity index (χ0n) is 13.6. The van der Waals surface area contributed by atoms with Gasteiger partial charge in [0.2, 0.25) is 5.71 Å². The topological polar surface area (TPSA) is 105 Å². The average Bonchev–Trinajstić information content (AvgIpc) is 2.77. The predicted octanol–water partition coefficient (Wildman–Crippen LogP) is 1.94. The second kappa shape index (κ2) is 5.67. The number of hydrogen-bond acceptors (Lipinski definition) is 6. The van der Waals surface area contributed by atoms with Crippen LogP contribution in [0.15, 0.2) is 65.4 Å². The Morgan fingerprint density at radius 3 is 2.85 bits per heavy atom. The Balaban J connectivity index is 2.09. The van der Waals surface area contributed by atoms with Crippen molar-refractivity contribution in [3.8, 4) is 0 Å². The van der Waals surface area contributed by atoms with E-state index in [1.165, 1.54) is 18.0 Å². The number of likely N-dealkylation sites (N-methyl/N-ethyl adjacent to an activating group) is 1. The van der Waals surface area contributed by atoms with E-state index in [1.807, 2.05) is 30.4 Å². The molecule has 0 bridgehead atoms. The molecule has 0 aromatic carbocycles. The van der Waals surface area contributed by atoms with Gasteiger partial charge in [-0.3, -0.25) is 20.3 Å². The molecule has 9 heteroatoms. The molecule has 0 saturated carbocycles. The van der Waals surface area contributed by atoms with Gasteiger partial charge in [0.05, 0.1) is 21.5 Å². The lowest BCUT2D eigenvalue weighted by Gasteiger charge is -2.24. The predicted molar refractivity (Wildman–Crippen MR) is 95.7 cm³/mol. The Morgan fingerprint density at radius 2 is 2.12 bits per heavy atom. The van der Waals surface area contributed by atoms with Crippen LogP contribution in [0.2, 0.25) is 0 Å². The van der Waals surface area contributed by atoms with E-state index in [9.17, 15) is 20.5 Å². The van der Waals surface area contributed by atoms with Gasteiger partial charge in [0.15, 0.2) is 0 Å². The van der Waals surface area contributed by atoms with Gasteiger partial charge in [0.25, 0.3) is 5.71 Å². The molecule has 0 unspecified atom stereocenters. The van der Waals surface area contributed by atoms with Crippen LogP contribution >= 0.6 is 11.8 Å². The molecule has 0 fully saturated rings. The zero-order chi connectivity index (χ0) is 18.5. The minimum atomic E-state index is -1.24. The van der Waals surface area contributed by atoms with Crippen LogP contribution in [0.25, 0.3) is 0 Å². The van der Waals surface area contributed by atoms with Gasteiger partial charge in [0.1, 0.15) is 12.7 Å². The summed E-state index contributed by atoms with van der Waals surface area (Å²) < 4.78 is 1.79. The van der Waals surface area contributed by atoms with Crippen molar-refractivity contribution in [3.05, 3.63) is 92.0 Å². The highest BCUT2D eigenvalue weighted by Gasteiger charge is 2.65. The summed E-state index contributed by atoms with van der Waals surface area (Å²) in [7, 11) is 1.76. The van der Waals surface area contributed by atoms with Crippen LogP contribution < -0.4 is 0 Å². The summed E-state index contributed by atoms with van der Waals surface area (Å²) in [4.78, 5) is 15.0. The Labute approximate surface area is 152 Å². The lowest BCUT2D eigenvalue weighted by molar-refractivity contribution is -0.725. The Kier molecular flexibility index (Phi) is 3.55. The first kappa shape index (κ1) is 16.3. The molecule has 1 N–H and O–H groups in total. The highest BCUT2D eigenvalue weighted by molar-refractivity contribution is 8.05. The van der Waals surface area contributed by atoms with E-state index in [0.29, 0.717) is 11.3 Å². The molecular weight excluding hydrogens is 356 g/mol. The molecule has 26 heavy (non-hydrogen) atoms. The smallest absolute Gasteiger partial charge is 0.347 e. The number of rotatable bonds is 1. The molecule has 4 rings (SSSR count). The van der Waals surface area contributed by atoms with E-state index >= 15 is 0 Å². The third kappa shape index (κ3) is 2.07. The van der Waals surface area contributed by atoms with Crippen molar-refractivity contribution >= 4 is 23.2 Å². The van der Waals surface area contributed by atoms with Gasteiger partial charge in [-0.25, -0.2) is 4.58 Å². The first-order chi connectivity index (χ1) is 12.5. The highest BCUT2D eigenvalue weighted by atomic mass is 32.2. The molecular formula is C17H13N4O4S+. The monoisotopic (exact) mass is 369 g/mol. The molecule has 1 aromatic heterocycles. The minimum Gasteiger partial charge on any atom is -0.417 e. The fourth-order valence-corrected chi connectivity index (χ4v) is 4.86. The van der Waals surface area contributed by atoms with Crippen molar-refractivity contribution in [2.45, 2.75) is 4.87 Å². The van der Waals surface area contributed by atoms with Crippen molar-refractivity contribution < 1.29 is 19.6 Å². The van der Waals surface area contributed by atoms with Crippen LogP contribution in [0.4, 0.5) is 0 Å². The molecule has 1 aliphatic heterocycles. The second-order valence-electron chi connectivity index (χ2n) is 5.81. The normalized spacial score (nSPS) is 25.4. The summed E-state index contributed by atoms with van der Waals surface area (Å²) in [5.74, 6) is 0. The van der Waals surface area contributed by atoms with Gasteiger partial charge < -0.3 is 5.21 Å². The third-order valence-corrected chi connectivity index (χ3v) is 6.03. The van der Waals surface area contributed by atoms with Gasteiger partial charge in [-0.15, -0.1) is 0 Å². The van der Waals surface area contributed by atoms with Gasteiger partial charge >= 0.3 is 10.6 Å². The van der Waals surface area contributed by atoms with Crippen molar-refractivity contribution in [3.63, 3.8) is 0 Å². The van der Waals surface area contributed by atoms with Crippen LogP contribution in [0.1, 0.15) is 11.3 Å². The summed E-state index contributed by atoms with van der Waals surface area (Å²) in [6.45, 7) is 0. The van der Waals surface area contributed by atoms with E-state index < -0.39 is 9.79 Å². The van der Waals surface area contributed by atoms with E-state index in [1.54, 1.807) is 23.8 Å². The maximum atomic E-state index is 11.9. The van der Waals surface area contributed by atoms with Gasteiger partial charge in [0, 0.05) is 17.2 Å². The number of pyridine rings is 1. The Bertz CT molecular complexity index is 1030. The number of nitrogens with zero attached hydrogens (tertiary/aromatic N) is 4. The lowest BCUT2D eigenvalue weighted by atomic mass is 9.92. The first-order valence-corrected chi connectivity index (χ1v) is 8.49. The number of allylic oxidation sites excluding steroid dienone is 7. The Hall–Kier alpha value is -3.20. The highest BCUT2D eigenvalue weighted by Crippen LogP contribution is 2.54. The molecule has 1 aromatic rings. The van der Waals surface area contributed by atoms with Crippen molar-refractivity contribution in [1.82, 2.24) is 4.98 Å². The zero-order valence-corrected chi connectivity index (χ0v) is 14.4. The van der Waals surface area contributed by atoms with Crippen molar-refractivity contribution in [2.24, 2.45) is 0 Å². The SMILES string of the molecule is C[N+]1=C2C=CC=CC=C2S[C@]12C([N+](=O)[O-])=CC(=[N+]([O-])O)c1cccnc12. The fourth-order valence-electron chi connectivity index (χ4n) is 3.36. The number of thioether (sulfide) groups is 1. The summed E-state index contributed by atoms with van der Waals surface area (Å²) >= 11 is 1.29. The Morgan fingerprint density at radius 1 is 1.31 bits per heavy atom. The average molecular weight is 369 g/mol. The van der Waals surface area contributed by atoms with Gasteiger partial charge in [-0.05, 0) is 30.0 Å². The molecule has 0 saturated heterocycles. The van der Waals surface area contributed by atoms with E-state index in [0.717, 1.165) is 16.7 Å². The number of fused-ring (bicyclic) bond motifs is 3. The summed E-state index contributed by atoms with van der Waals surface area (Å²) in [6, 6.07) is 3.24. The number of hydrogen-bond donors (Lipinski definition) is 1. The quantitative estimate of drug-likeness (QED) is 0.267. The molecule has 8 nitrogen and oxygen atoms in total. The molecule has 2 heterocycles. The van der Waals surface area contributed by atoms with Crippen molar-refractivity contribution in [2.75, 3.05) is 7.05 Å².